The number of esters is 1. The number of allylic oxidation sites excluding steroid dienone is 3. The van der Waals surface area contributed by atoms with Gasteiger partial charge in [-0.25, -0.2) is 0 Å². The number of amides is 1. The van der Waals surface area contributed by atoms with Crippen LogP contribution in [-0.4, -0.2) is 47.4 Å². The highest BCUT2D eigenvalue weighted by Crippen LogP contribution is 2.19. The summed E-state index contributed by atoms with van der Waals surface area (Å²) in [5.74, 6) is -0.0649. The van der Waals surface area contributed by atoms with E-state index in [0.717, 1.165) is 51.4 Å². The lowest BCUT2D eigenvalue weighted by atomic mass is 10.0. The van der Waals surface area contributed by atoms with Crippen LogP contribution in [0.1, 0.15) is 399 Å². The Morgan fingerprint density at radius 1 is 0.359 bits per heavy atom. The third-order valence-electron chi connectivity index (χ3n) is 16.8. The standard InChI is InChI=1S/C72H139NO5/c1-3-5-7-9-11-13-15-17-19-21-23-24-26-29-32-36-40-44-48-52-56-60-64-70(75)69(68-74)73-71(76)65-61-57-53-49-45-41-37-33-30-27-25-28-31-35-39-43-47-51-55-59-63-67-78-72(77)66-62-58-54-50-46-42-38-34-22-20-18-16-14-12-10-8-6-4-2/h43,47,55,59,69-70,74-75H,3-42,44-46,48-54,56-58,60-68H2,1-2H3,(H,73,76)/b47-43-,59-55-. The lowest BCUT2D eigenvalue weighted by Gasteiger charge is -2.22. The summed E-state index contributed by atoms with van der Waals surface area (Å²) in [5.41, 5.74) is 0. The van der Waals surface area contributed by atoms with E-state index in [-0.39, 0.29) is 18.5 Å². The van der Waals surface area contributed by atoms with Crippen molar-refractivity contribution in [3.8, 4) is 0 Å². The summed E-state index contributed by atoms with van der Waals surface area (Å²) in [7, 11) is 0. The topological polar surface area (TPSA) is 95.9 Å². The van der Waals surface area contributed by atoms with E-state index in [4.69, 9.17) is 4.74 Å². The van der Waals surface area contributed by atoms with Crippen molar-refractivity contribution < 1.29 is 24.5 Å². The van der Waals surface area contributed by atoms with E-state index in [1.54, 1.807) is 0 Å². The highest BCUT2D eigenvalue weighted by Gasteiger charge is 2.20. The number of hydrogen-bond donors (Lipinski definition) is 3. The maximum atomic E-state index is 12.5. The van der Waals surface area contributed by atoms with Crippen LogP contribution in [0, 0.1) is 0 Å². The van der Waals surface area contributed by atoms with Gasteiger partial charge in [-0.3, -0.25) is 9.59 Å². The average molecular weight is 1100 g/mol. The number of unbranched alkanes of at least 4 members (excludes halogenated alkanes) is 52. The second kappa shape index (κ2) is 67.8. The molecule has 0 aliphatic carbocycles. The summed E-state index contributed by atoms with van der Waals surface area (Å²) in [5, 5.41) is 23.4. The van der Waals surface area contributed by atoms with E-state index in [1.165, 1.54) is 315 Å². The molecule has 0 bridgehead atoms. The maximum absolute atomic E-state index is 12.5. The van der Waals surface area contributed by atoms with E-state index in [2.05, 4.69) is 43.5 Å². The summed E-state index contributed by atoms with van der Waals surface area (Å²) in [6.45, 7) is 4.89. The molecule has 0 aliphatic heterocycles. The molecule has 0 saturated carbocycles. The number of ether oxygens (including phenoxy) is 1. The Bertz CT molecular complexity index is 1220. The minimum Gasteiger partial charge on any atom is -0.465 e. The van der Waals surface area contributed by atoms with Crippen LogP contribution in [0.15, 0.2) is 24.3 Å². The first-order chi connectivity index (χ1) is 38.5. The third kappa shape index (κ3) is 63.5. The van der Waals surface area contributed by atoms with E-state index < -0.39 is 12.1 Å². The molecule has 0 rings (SSSR count). The van der Waals surface area contributed by atoms with Gasteiger partial charge in [0.05, 0.1) is 25.4 Å². The van der Waals surface area contributed by atoms with Gasteiger partial charge in [0.15, 0.2) is 0 Å². The molecule has 78 heavy (non-hydrogen) atoms. The molecular weight excluding hydrogens is 959 g/mol. The average Bonchev–Trinajstić information content (AvgIpc) is 3.44. The van der Waals surface area contributed by atoms with Gasteiger partial charge in [-0.15, -0.1) is 0 Å². The number of aliphatic hydroxyl groups excluding tert-OH is 2. The van der Waals surface area contributed by atoms with Crippen molar-refractivity contribution in [3.63, 3.8) is 0 Å². The minimum atomic E-state index is -0.669. The van der Waals surface area contributed by atoms with Crippen LogP contribution < -0.4 is 5.32 Å². The Hall–Kier alpha value is -1.66. The van der Waals surface area contributed by atoms with Gasteiger partial charge >= 0.3 is 5.97 Å². The van der Waals surface area contributed by atoms with Crippen LogP contribution in [0.3, 0.4) is 0 Å². The first-order valence-electron chi connectivity index (χ1n) is 35.6. The zero-order valence-electron chi connectivity index (χ0n) is 52.9. The van der Waals surface area contributed by atoms with Crippen molar-refractivity contribution in [2.75, 3.05) is 13.2 Å². The molecule has 3 N–H and O–H groups in total. The predicted octanol–water partition coefficient (Wildman–Crippen LogP) is 22.9. The van der Waals surface area contributed by atoms with E-state index >= 15 is 0 Å². The van der Waals surface area contributed by atoms with E-state index in [9.17, 15) is 19.8 Å². The number of nitrogens with one attached hydrogen (secondary N) is 1. The first kappa shape index (κ1) is 76.3. The number of hydrogen-bond acceptors (Lipinski definition) is 5. The zero-order valence-corrected chi connectivity index (χ0v) is 52.9. The Labute approximate surface area is 488 Å². The van der Waals surface area contributed by atoms with E-state index in [1.807, 2.05) is 0 Å². The third-order valence-corrected chi connectivity index (χ3v) is 16.8. The predicted molar refractivity (Wildman–Crippen MR) is 343 cm³/mol. The number of aliphatic hydroxyl groups is 2. The van der Waals surface area contributed by atoms with Crippen molar-refractivity contribution in [1.82, 2.24) is 5.32 Å². The highest BCUT2D eigenvalue weighted by molar-refractivity contribution is 5.76. The van der Waals surface area contributed by atoms with Crippen molar-refractivity contribution in [2.45, 2.75) is 411 Å². The molecule has 0 fully saturated rings. The summed E-state index contributed by atoms with van der Waals surface area (Å²) < 4.78 is 5.44. The number of rotatable bonds is 67. The number of carbonyl (C=O) groups is 2. The quantitative estimate of drug-likeness (QED) is 0.0320. The van der Waals surface area contributed by atoms with Crippen LogP contribution in [0.25, 0.3) is 0 Å². The van der Waals surface area contributed by atoms with Gasteiger partial charge < -0.3 is 20.3 Å². The molecular formula is C72H139NO5. The molecule has 2 atom stereocenters. The molecule has 1 amide bonds. The lowest BCUT2D eigenvalue weighted by Crippen LogP contribution is -2.45. The van der Waals surface area contributed by atoms with Crippen LogP contribution in [0.2, 0.25) is 0 Å². The van der Waals surface area contributed by atoms with Crippen molar-refractivity contribution in [2.24, 2.45) is 0 Å². The molecule has 0 saturated heterocycles. The Morgan fingerprint density at radius 3 is 0.974 bits per heavy atom. The molecule has 462 valence electrons. The molecule has 0 radical (unpaired) electrons. The fraction of sp³-hybridized carbons (Fsp3) is 0.917. The Morgan fingerprint density at radius 2 is 0.641 bits per heavy atom. The molecule has 0 aromatic heterocycles. The fourth-order valence-electron chi connectivity index (χ4n) is 11.4. The molecule has 0 aliphatic rings. The molecule has 6 heteroatoms. The normalized spacial score (nSPS) is 12.6. The summed E-state index contributed by atoms with van der Waals surface area (Å²) in [4.78, 5) is 24.6. The van der Waals surface area contributed by atoms with Gasteiger partial charge in [0.1, 0.15) is 0 Å². The van der Waals surface area contributed by atoms with Crippen LogP contribution in [-0.2, 0) is 14.3 Å². The molecule has 0 spiro atoms. The fourth-order valence-corrected chi connectivity index (χ4v) is 11.4. The molecule has 2 unspecified atom stereocenters. The van der Waals surface area contributed by atoms with Gasteiger partial charge in [-0.2, -0.15) is 0 Å². The smallest absolute Gasteiger partial charge is 0.305 e. The van der Waals surface area contributed by atoms with Gasteiger partial charge in [0.25, 0.3) is 0 Å². The second-order valence-corrected chi connectivity index (χ2v) is 24.6. The SMILES string of the molecule is CCCCCCCCCCCCCCCCCCCCCCCCC(O)C(CO)NC(=O)CCCCCCCCCCCCCCCC/C=C\C/C=C\CCOC(=O)CCCCCCCCCCCCCCCCCCCC. The van der Waals surface area contributed by atoms with Gasteiger partial charge in [0.2, 0.25) is 5.91 Å². The van der Waals surface area contributed by atoms with Crippen LogP contribution in [0.4, 0.5) is 0 Å². The first-order valence-corrected chi connectivity index (χ1v) is 35.6. The molecule has 6 nitrogen and oxygen atoms in total. The monoisotopic (exact) mass is 1100 g/mol. The lowest BCUT2D eigenvalue weighted by molar-refractivity contribution is -0.143. The van der Waals surface area contributed by atoms with Gasteiger partial charge in [0, 0.05) is 12.8 Å². The van der Waals surface area contributed by atoms with Gasteiger partial charge in [-0.1, -0.05) is 366 Å². The number of carbonyl (C=O) groups excluding carboxylic acids is 2. The largest absolute Gasteiger partial charge is 0.465 e. The van der Waals surface area contributed by atoms with Crippen molar-refractivity contribution >= 4 is 11.9 Å². The van der Waals surface area contributed by atoms with E-state index in [0.29, 0.717) is 25.9 Å². The minimum absolute atomic E-state index is 0.0297. The summed E-state index contributed by atoms with van der Waals surface area (Å²) in [6, 6.07) is -0.546. The maximum Gasteiger partial charge on any atom is 0.305 e. The summed E-state index contributed by atoms with van der Waals surface area (Å²) in [6.07, 6.45) is 85.2. The van der Waals surface area contributed by atoms with Crippen LogP contribution >= 0.6 is 0 Å². The molecule has 0 aromatic carbocycles. The Balaban J connectivity index is 3.43. The van der Waals surface area contributed by atoms with Crippen molar-refractivity contribution in [3.05, 3.63) is 24.3 Å². The van der Waals surface area contributed by atoms with Crippen molar-refractivity contribution in [1.29, 1.82) is 0 Å². The van der Waals surface area contributed by atoms with Gasteiger partial charge in [-0.05, 0) is 44.9 Å². The molecule has 0 aromatic rings. The second-order valence-electron chi connectivity index (χ2n) is 24.6. The summed E-state index contributed by atoms with van der Waals surface area (Å²) >= 11 is 0. The highest BCUT2D eigenvalue weighted by atomic mass is 16.5. The molecule has 0 heterocycles. The Kier molecular flexibility index (Phi) is 66.4. The van der Waals surface area contributed by atoms with Crippen LogP contribution in [0.5, 0.6) is 0 Å². The zero-order chi connectivity index (χ0) is 56.4.